The normalized spacial score (nSPS) is 10.4. The molecule has 3 nitrogen and oxygen atoms in total. The highest BCUT2D eigenvalue weighted by Crippen LogP contribution is 2.35. The van der Waals surface area contributed by atoms with Gasteiger partial charge < -0.3 is 9.47 Å². The Bertz CT molecular complexity index is 615. The van der Waals surface area contributed by atoms with Gasteiger partial charge in [0.1, 0.15) is 11.5 Å². The molecule has 0 fully saturated rings. The fraction of sp³-hybridized carbons (Fsp3) is 0.267. The smallest absolute Gasteiger partial charge is 0.160 e. The Hall–Kier alpha value is -2.03. The van der Waals surface area contributed by atoms with Crippen LogP contribution >= 0.6 is 0 Å². The summed E-state index contributed by atoms with van der Waals surface area (Å²) in [4.78, 5) is 11.6. The molecule has 3 heteroatoms. The molecule has 0 aliphatic carbocycles. The molecule has 94 valence electrons. The van der Waals surface area contributed by atoms with Gasteiger partial charge in [-0.2, -0.15) is 0 Å². The molecule has 2 aromatic carbocycles. The van der Waals surface area contributed by atoms with Crippen LogP contribution in [0.25, 0.3) is 10.8 Å². The van der Waals surface area contributed by atoms with E-state index in [1.165, 1.54) is 0 Å². The number of methoxy groups -OCH3 is 2. The van der Waals surface area contributed by atoms with E-state index in [1.807, 2.05) is 31.2 Å². The van der Waals surface area contributed by atoms with E-state index in [0.29, 0.717) is 5.56 Å². The first-order chi connectivity index (χ1) is 8.58. The number of Topliss-reactive ketones (excluding diaryl/α,β-unsaturated/α-hetero) is 1. The van der Waals surface area contributed by atoms with Crippen LogP contribution in [0.4, 0.5) is 0 Å². The van der Waals surface area contributed by atoms with Crippen molar-refractivity contribution in [1.29, 1.82) is 0 Å². The Balaban J connectivity index is 2.85. The predicted octanol–water partition coefficient (Wildman–Crippen LogP) is 3.37. The molecule has 0 saturated carbocycles. The van der Waals surface area contributed by atoms with E-state index in [9.17, 15) is 4.79 Å². The van der Waals surface area contributed by atoms with Gasteiger partial charge in [0.05, 0.1) is 14.2 Å². The molecule has 2 aromatic rings. The van der Waals surface area contributed by atoms with Crippen molar-refractivity contribution in [3.63, 3.8) is 0 Å². The Morgan fingerprint density at radius 1 is 1.00 bits per heavy atom. The SMILES string of the molecule is COc1ccc(OC)c2cc(C(C)=O)c(C)cc12. The minimum Gasteiger partial charge on any atom is -0.496 e. The zero-order chi connectivity index (χ0) is 13.3. The van der Waals surface area contributed by atoms with Gasteiger partial charge in [-0.05, 0) is 43.7 Å². The third kappa shape index (κ3) is 1.92. The summed E-state index contributed by atoms with van der Waals surface area (Å²) < 4.78 is 10.7. The quantitative estimate of drug-likeness (QED) is 0.776. The summed E-state index contributed by atoms with van der Waals surface area (Å²) >= 11 is 0. The van der Waals surface area contributed by atoms with Crippen LogP contribution in [0.1, 0.15) is 22.8 Å². The molecular weight excluding hydrogens is 228 g/mol. The van der Waals surface area contributed by atoms with Crippen LogP contribution in [0.2, 0.25) is 0 Å². The van der Waals surface area contributed by atoms with E-state index in [1.54, 1.807) is 21.1 Å². The third-order valence-corrected chi connectivity index (χ3v) is 3.10. The molecule has 0 atom stereocenters. The van der Waals surface area contributed by atoms with E-state index in [4.69, 9.17) is 9.47 Å². The second-order valence-corrected chi connectivity index (χ2v) is 4.24. The maximum absolute atomic E-state index is 11.6. The molecule has 0 saturated heterocycles. The standard InChI is InChI=1S/C15H16O3/c1-9-7-12-13(8-11(9)10(2)16)15(18-4)6-5-14(12)17-3/h5-8H,1-4H3. The predicted molar refractivity (Wildman–Crippen MR) is 71.8 cm³/mol. The van der Waals surface area contributed by atoms with Crippen molar-refractivity contribution in [3.05, 3.63) is 35.4 Å². The molecule has 0 unspecified atom stereocenters. The highest BCUT2D eigenvalue weighted by Gasteiger charge is 2.12. The second kappa shape index (κ2) is 4.69. The van der Waals surface area contributed by atoms with Gasteiger partial charge in [0.15, 0.2) is 5.78 Å². The average molecular weight is 244 g/mol. The number of aryl methyl sites for hydroxylation is 1. The molecule has 0 bridgehead atoms. The van der Waals surface area contributed by atoms with Crippen LogP contribution in [-0.4, -0.2) is 20.0 Å². The zero-order valence-electron chi connectivity index (χ0n) is 11.0. The maximum atomic E-state index is 11.6. The summed E-state index contributed by atoms with van der Waals surface area (Å²) in [5.41, 5.74) is 1.66. The number of carbonyl (C=O) groups excluding carboxylic acids is 1. The van der Waals surface area contributed by atoms with Crippen molar-refractivity contribution < 1.29 is 14.3 Å². The van der Waals surface area contributed by atoms with Crippen molar-refractivity contribution in [2.24, 2.45) is 0 Å². The summed E-state index contributed by atoms with van der Waals surface area (Å²) in [6.45, 7) is 3.50. The van der Waals surface area contributed by atoms with Crippen molar-refractivity contribution in [2.75, 3.05) is 14.2 Å². The van der Waals surface area contributed by atoms with Crippen molar-refractivity contribution in [1.82, 2.24) is 0 Å². The van der Waals surface area contributed by atoms with E-state index < -0.39 is 0 Å². The van der Waals surface area contributed by atoms with Gasteiger partial charge in [0, 0.05) is 16.3 Å². The Morgan fingerprint density at radius 2 is 1.50 bits per heavy atom. The van der Waals surface area contributed by atoms with Gasteiger partial charge in [0.25, 0.3) is 0 Å². The van der Waals surface area contributed by atoms with E-state index in [-0.39, 0.29) is 5.78 Å². The first-order valence-electron chi connectivity index (χ1n) is 5.74. The van der Waals surface area contributed by atoms with Gasteiger partial charge in [0.2, 0.25) is 0 Å². The van der Waals surface area contributed by atoms with Gasteiger partial charge in [-0.15, -0.1) is 0 Å². The number of ketones is 1. The number of rotatable bonds is 3. The summed E-state index contributed by atoms with van der Waals surface area (Å²) in [7, 11) is 3.25. The first-order valence-corrected chi connectivity index (χ1v) is 5.74. The lowest BCUT2D eigenvalue weighted by molar-refractivity contribution is 0.101. The molecule has 0 aromatic heterocycles. The molecule has 0 radical (unpaired) electrons. The molecule has 0 aliphatic rings. The van der Waals surface area contributed by atoms with Crippen LogP contribution in [-0.2, 0) is 0 Å². The lowest BCUT2D eigenvalue weighted by Crippen LogP contribution is -1.98. The number of fused-ring (bicyclic) bond motifs is 1. The molecule has 0 aliphatic heterocycles. The number of ether oxygens (including phenoxy) is 2. The molecule has 0 N–H and O–H groups in total. The maximum Gasteiger partial charge on any atom is 0.160 e. The Labute approximate surface area is 106 Å². The molecule has 0 amide bonds. The fourth-order valence-corrected chi connectivity index (χ4v) is 2.18. The molecule has 18 heavy (non-hydrogen) atoms. The van der Waals surface area contributed by atoms with Crippen LogP contribution in [0.5, 0.6) is 11.5 Å². The van der Waals surface area contributed by atoms with Gasteiger partial charge in [-0.1, -0.05) is 0 Å². The van der Waals surface area contributed by atoms with Gasteiger partial charge >= 0.3 is 0 Å². The first kappa shape index (κ1) is 12.4. The van der Waals surface area contributed by atoms with Crippen LogP contribution in [0, 0.1) is 6.92 Å². The fourth-order valence-electron chi connectivity index (χ4n) is 2.18. The van der Waals surface area contributed by atoms with Crippen molar-refractivity contribution in [2.45, 2.75) is 13.8 Å². The van der Waals surface area contributed by atoms with Crippen molar-refractivity contribution in [3.8, 4) is 11.5 Å². The van der Waals surface area contributed by atoms with Gasteiger partial charge in [-0.3, -0.25) is 4.79 Å². The minimum absolute atomic E-state index is 0.0549. The van der Waals surface area contributed by atoms with Gasteiger partial charge in [-0.25, -0.2) is 0 Å². The Morgan fingerprint density at radius 3 is 1.94 bits per heavy atom. The lowest BCUT2D eigenvalue weighted by Gasteiger charge is -2.12. The molecule has 2 rings (SSSR count). The third-order valence-electron chi connectivity index (χ3n) is 3.10. The summed E-state index contributed by atoms with van der Waals surface area (Å²) in [6, 6.07) is 7.55. The summed E-state index contributed by atoms with van der Waals surface area (Å²) in [5.74, 6) is 1.58. The highest BCUT2D eigenvalue weighted by molar-refractivity contribution is 6.03. The zero-order valence-corrected chi connectivity index (χ0v) is 11.0. The van der Waals surface area contributed by atoms with Crippen molar-refractivity contribution >= 4 is 16.6 Å². The molecule has 0 spiro atoms. The number of benzene rings is 2. The summed E-state index contributed by atoms with van der Waals surface area (Å²) in [5, 5.41) is 1.85. The summed E-state index contributed by atoms with van der Waals surface area (Å²) in [6.07, 6.45) is 0. The number of hydrogen-bond acceptors (Lipinski definition) is 3. The van der Waals surface area contributed by atoms with E-state index in [0.717, 1.165) is 27.8 Å². The van der Waals surface area contributed by atoms with E-state index >= 15 is 0 Å². The van der Waals surface area contributed by atoms with E-state index in [2.05, 4.69) is 0 Å². The second-order valence-electron chi connectivity index (χ2n) is 4.24. The number of hydrogen-bond donors (Lipinski definition) is 0. The largest absolute Gasteiger partial charge is 0.496 e. The average Bonchev–Trinajstić information content (AvgIpc) is 2.36. The minimum atomic E-state index is 0.0549. The number of carbonyl (C=O) groups is 1. The van der Waals surface area contributed by atoms with Crippen LogP contribution in [0.3, 0.4) is 0 Å². The topological polar surface area (TPSA) is 35.5 Å². The molecule has 0 heterocycles. The molecular formula is C15H16O3. The lowest BCUT2D eigenvalue weighted by atomic mass is 9.98. The monoisotopic (exact) mass is 244 g/mol. The van der Waals surface area contributed by atoms with Crippen LogP contribution in [0.15, 0.2) is 24.3 Å². The van der Waals surface area contributed by atoms with Crippen LogP contribution < -0.4 is 9.47 Å². The highest BCUT2D eigenvalue weighted by atomic mass is 16.5. The Kier molecular flexibility index (Phi) is 3.24.